The van der Waals surface area contributed by atoms with Gasteiger partial charge in [0, 0.05) is 36.7 Å². The van der Waals surface area contributed by atoms with Crippen LogP contribution in [0.5, 0.6) is 5.75 Å². The van der Waals surface area contributed by atoms with E-state index >= 15 is 0 Å². The molecule has 0 saturated carbocycles. The van der Waals surface area contributed by atoms with Crippen LogP contribution in [0.3, 0.4) is 0 Å². The summed E-state index contributed by atoms with van der Waals surface area (Å²) in [5, 5.41) is 1.32. The molecule has 0 aliphatic carbocycles. The lowest BCUT2D eigenvalue weighted by molar-refractivity contribution is 0.298. The molecule has 1 N–H and O–H groups in total. The molecule has 1 heterocycles. The van der Waals surface area contributed by atoms with Crippen LogP contribution in [-0.2, 0) is 13.0 Å². The minimum Gasteiger partial charge on any atom is -0.497 e. The Balaban J connectivity index is 1.68. The summed E-state index contributed by atoms with van der Waals surface area (Å²) in [5.74, 6) is 0.905. The lowest BCUT2D eigenvalue weighted by Crippen LogP contribution is -2.25. The van der Waals surface area contributed by atoms with Crippen LogP contribution in [0.2, 0.25) is 0 Å². The fraction of sp³-hybridized carbons (Fsp3) is 0.238. The molecular formula is C21H24N2O. The molecule has 0 amide bonds. The van der Waals surface area contributed by atoms with Crippen molar-refractivity contribution >= 4 is 10.9 Å². The molecule has 124 valence electrons. The molecule has 0 unspecified atom stereocenters. The number of fused-ring (bicyclic) bond motifs is 1. The Morgan fingerprint density at radius 3 is 2.88 bits per heavy atom. The maximum absolute atomic E-state index is 5.32. The Bertz CT molecular complexity index is 806. The second-order valence-corrected chi connectivity index (χ2v) is 5.98. The highest BCUT2D eigenvalue weighted by Crippen LogP contribution is 2.19. The Morgan fingerprint density at radius 1 is 1.17 bits per heavy atom. The second kappa shape index (κ2) is 7.84. The number of methoxy groups -OCH3 is 1. The van der Waals surface area contributed by atoms with Gasteiger partial charge in [0.2, 0.25) is 0 Å². The number of aromatic amines is 1. The second-order valence-electron chi connectivity index (χ2n) is 5.98. The molecule has 2 aromatic carbocycles. The maximum Gasteiger partial charge on any atom is 0.119 e. The molecule has 0 atom stereocenters. The first-order valence-electron chi connectivity index (χ1n) is 8.31. The van der Waals surface area contributed by atoms with Gasteiger partial charge in [-0.3, -0.25) is 4.90 Å². The first-order chi connectivity index (χ1) is 11.8. The van der Waals surface area contributed by atoms with Crippen LogP contribution in [0.4, 0.5) is 0 Å². The average Bonchev–Trinajstić information content (AvgIpc) is 3.03. The molecular weight excluding hydrogens is 296 g/mol. The summed E-state index contributed by atoms with van der Waals surface area (Å²) < 4.78 is 5.32. The minimum absolute atomic E-state index is 0.875. The van der Waals surface area contributed by atoms with Crippen molar-refractivity contribution in [2.75, 3.05) is 20.2 Å². The van der Waals surface area contributed by atoms with Gasteiger partial charge in [-0.25, -0.2) is 0 Å². The van der Waals surface area contributed by atoms with E-state index in [2.05, 4.69) is 59.1 Å². The molecule has 1 aromatic heterocycles. The molecule has 0 aliphatic rings. The zero-order chi connectivity index (χ0) is 16.8. The Hall–Kier alpha value is -2.52. The van der Waals surface area contributed by atoms with E-state index in [4.69, 9.17) is 4.74 Å². The summed E-state index contributed by atoms with van der Waals surface area (Å²) in [6.07, 6.45) is 5.11. The molecule has 3 aromatic rings. The van der Waals surface area contributed by atoms with E-state index in [1.54, 1.807) is 7.11 Å². The number of aromatic nitrogens is 1. The number of para-hydroxylation sites is 1. The Labute approximate surface area is 143 Å². The van der Waals surface area contributed by atoms with Crippen LogP contribution in [0.1, 0.15) is 11.1 Å². The first-order valence-corrected chi connectivity index (χ1v) is 8.31. The van der Waals surface area contributed by atoms with Gasteiger partial charge in [-0.1, -0.05) is 36.4 Å². The van der Waals surface area contributed by atoms with Crippen molar-refractivity contribution in [3.8, 4) is 5.75 Å². The number of rotatable bonds is 8. The third kappa shape index (κ3) is 3.87. The van der Waals surface area contributed by atoms with Crippen molar-refractivity contribution in [2.24, 2.45) is 0 Å². The predicted octanol–water partition coefficient (Wildman–Crippen LogP) is 4.41. The van der Waals surface area contributed by atoms with Gasteiger partial charge in [0.25, 0.3) is 0 Å². The van der Waals surface area contributed by atoms with Crippen molar-refractivity contribution in [3.05, 3.63) is 78.5 Å². The van der Waals surface area contributed by atoms with Crippen LogP contribution in [0.25, 0.3) is 10.9 Å². The van der Waals surface area contributed by atoms with Crippen molar-refractivity contribution in [3.63, 3.8) is 0 Å². The number of H-pyrrole nitrogens is 1. The average molecular weight is 320 g/mol. The van der Waals surface area contributed by atoms with Gasteiger partial charge in [-0.2, -0.15) is 0 Å². The minimum atomic E-state index is 0.875. The fourth-order valence-electron chi connectivity index (χ4n) is 3.06. The molecule has 0 fully saturated rings. The highest BCUT2D eigenvalue weighted by molar-refractivity contribution is 5.83. The fourth-order valence-corrected chi connectivity index (χ4v) is 3.06. The van der Waals surface area contributed by atoms with E-state index in [-0.39, 0.29) is 0 Å². The number of benzene rings is 2. The van der Waals surface area contributed by atoms with Gasteiger partial charge in [0.1, 0.15) is 5.75 Å². The summed E-state index contributed by atoms with van der Waals surface area (Å²) in [6.45, 7) is 6.66. The number of nitrogens with one attached hydrogen (secondary N) is 1. The predicted molar refractivity (Wildman–Crippen MR) is 100 cm³/mol. The maximum atomic E-state index is 5.32. The van der Waals surface area contributed by atoms with Crippen molar-refractivity contribution in [1.29, 1.82) is 0 Å². The summed E-state index contributed by atoms with van der Waals surface area (Å²) in [7, 11) is 1.71. The zero-order valence-corrected chi connectivity index (χ0v) is 14.2. The van der Waals surface area contributed by atoms with Gasteiger partial charge >= 0.3 is 0 Å². The summed E-state index contributed by atoms with van der Waals surface area (Å²) in [5.41, 5.74) is 3.83. The molecule has 3 rings (SSSR count). The van der Waals surface area contributed by atoms with Crippen LogP contribution in [0.15, 0.2) is 67.4 Å². The van der Waals surface area contributed by atoms with Crippen molar-refractivity contribution in [2.45, 2.75) is 13.0 Å². The molecule has 0 saturated heterocycles. The SMILES string of the molecule is C=CCN(CCc1c[nH]c2ccccc12)Cc1cccc(OC)c1. The van der Waals surface area contributed by atoms with E-state index in [1.165, 1.54) is 22.0 Å². The van der Waals surface area contributed by atoms with Crippen LogP contribution >= 0.6 is 0 Å². The third-order valence-electron chi connectivity index (χ3n) is 4.30. The number of nitrogens with zero attached hydrogens (tertiary/aromatic N) is 1. The van der Waals surface area contributed by atoms with Gasteiger partial charge in [0.15, 0.2) is 0 Å². The number of hydrogen-bond acceptors (Lipinski definition) is 2. The highest BCUT2D eigenvalue weighted by Gasteiger charge is 2.08. The molecule has 0 aliphatic heterocycles. The molecule has 0 spiro atoms. The standard InChI is InChI=1S/C21H24N2O/c1-3-12-23(16-17-7-6-8-19(14-17)24-2)13-11-18-15-22-21-10-5-4-9-20(18)21/h3-10,14-15,22H,1,11-13,16H2,2H3. The molecule has 0 bridgehead atoms. The largest absolute Gasteiger partial charge is 0.497 e. The Morgan fingerprint density at radius 2 is 2.04 bits per heavy atom. The monoisotopic (exact) mass is 320 g/mol. The van der Waals surface area contributed by atoms with Gasteiger partial charge < -0.3 is 9.72 Å². The van der Waals surface area contributed by atoms with E-state index in [0.29, 0.717) is 0 Å². The van der Waals surface area contributed by atoms with E-state index in [9.17, 15) is 0 Å². The normalized spacial score (nSPS) is 11.1. The number of ether oxygens (including phenoxy) is 1. The van der Waals surface area contributed by atoms with Crippen molar-refractivity contribution in [1.82, 2.24) is 9.88 Å². The topological polar surface area (TPSA) is 28.3 Å². The van der Waals surface area contributed by atoms with Gasteiger partial charge in [-0.05, 0) is 35.7 Å². The number of hydrogen-bond donors (Lipinski definition) is 1. The quantitative estimate of drug-likeness (QED) is 0.623. The molecule has 3 nitrogen and oxygen atoms in total. The molecule has 3 heteroatoms. The molecule has 0 radical (unpaired) electrons. The lowest BCUT2D eigenvalue weighted by Gasteiger charge is -2.21. The highest BCUT2D eigenvalue weighted by atomic mass is 16.5. The third-order valence-corrected chi connectivity index (χ3v) is 4.30. The van der Waals surface area contributed by atoms with Gasteiger partial charge in [-0.15, -0.1) is 6.58 Å². The van der Waals surface area contributed by atoms with E-state index in [0.717, 1.165) is 31.8 Å². The van der Waals surface area contributed by atoms with E-state index < -0.39 is 0 Å². The van der Waals surface area contributed by atoms with Crippen LogP contribution < -0.4 is 4.74 Å². The zero-order valence-electron chi connectivity index (χ0n) is 14.2. The lowest BCUT2D eigenvalue weighted by atomic mass is 10.1. The summed E-state index contributed by atoms with van der Waals surface area (Å²) in [6, 6.07) is 16.7. The first kappa shape index (κ1) is 16.3. The molecule has 24 heavy (non-hydrogen) atoms. The smallest absolute Gasteiger partial charge is 0.119 e. The van der Waals surface area contributed by atoms with E-state index in [1.807, 2.05) is 18.2 Å². The summed E-state index contributed by atoms with van der Waals surface area (Å²) >= 11 is 0. The van der Waals surface area contributed by atoms with Crippen LogP contribution in [-0.4, -0.2) is 30.1 Å². The van der Waals surface area contributed by atoms with Gasteiger partial charge in [0.05, 0.1) is 7.11 Å². The summed E-state index contributed by atoms with van der Waals surface area (Å²) in [4.78, 5) is 5.76. The Kier molecular flexibility index (Phi) is 5.34. The van der Waals surface area contributed by atoms with Crippen LogP contribution in [0, 0.1) is 0 Å². The van der Waals surface area contributed by atoms with Crippen molar-refractivity contribution < 1.29 is 4.74 Å².